The highest BCUT2D eigenvalue weighted by Crippen LogP contribution is 2.16. The zero-order valence-corrected chi connectivity index (χ0v) is 9.26. The largest absolute Gasteiger partial charge is 0.481 e. The zero-order chi connectivity index (χ0) is 9.68. The van der Waals surface area contributed by atoms with Crippen LogP contribution in [-0.4, -0.2) is 49.3 Å². The highest BCUT2D eigenvalue weighted by atomic mass is 35.5. The Morgan fingerprint density at radius 3 is 2.50 bits per heavy atom. The number of hydrogen-bond acceptors (Lipinski definition) is 3. The average molecular weight is 224 g/mol. The molecule has 1 rings (SSSR count). The van der Waals surface area contributed by atoms with Gasteiger partial charge in [-0.05, 0) is 25.9 Å². The molecule has 0 saturated carbocycles. The number of hydrogen-bond donors (Lipinski definition) is 1. The number of ether oxygens (including phenoxy) is 1. The van der Waals surface area contributed by atoms with E-state index in [0.29, 0.717) is 0 Å². The van der Waals surface area contributed by atoms with Crippen molar-refractivity contribution in [2.75, 3.05) is 33.4 Å². The minimum atomic E-state index is -0.647. The van der Waals surface area contributed by atoms with E-state index in [1.165, 1.54) is 0 Å². The van der Waals surface area contributed by atoms with Crippen LogP contribution in [-0.2, 0) is 9.53 Å². The molecule has 0 aromatic rings. The Morgan fingerprint density at radius 1 is 1.50 bits per heavy atom. The first-order valence-electron chi connectivity index (χ1n) is 4.68. The summed E-state index contributed by atoms with van der Waals surface area (Å²) in [6, 6.07) is 0. The van der Waals surface area contributed by atoms with E-state index in [2.05, 4.69) is 4.90 Å². The van der Waals surface area contributed by atoms with Crippen molar-refractivity contribution in [2.24, 2.45) is 5.92 Å². The zero-order valence-electron chi connectivity index (χ0n) is 8.44. The number of likely N-dealkylation sites (tertiary alicyclic amines) is 1. The van der Waals surface area contributed by atoms with Gasteiger partial charge in [-0.1, -0.05) is 0 Å². The molecule has 14 heavy (non-hydrogen) atoms. The van der Waals surface area contributed by atoms with Gasteiger partial charge in [-0.2, -0.15) is 0 Å². The first-order chi connectivity index (χ1) is 6.24. The number of rotatable bonds is 4. The number of nitrogens with zero attached hydrogens (tertiary/aromatic N) is 1. The molecule has 1 heterocycles. The van der Waals surface area contributed by atoms with Crippen LogP contribution in [0.5, 0.6) is 0 Å². The topological polar surface area (TPSA) is 49.8 Å². The molecule has 0 aromatic heterocycles. The monoisotopic (exact) mass is 223 g/mol. The third kappa shape index (κ3) is 4.26. The van der Waals surface area contributed by atoms with Crippen molar-refractivity contribution in [3.05, 3.63) is 0 Å². The fourth-order valence-electron chi connectivity index (χ4n) is 1.62. The van der Waals surface area contributed by atoms with E-state index in [1.54, 1.807) is 7.11 Å². The number of halogens is 1. The third-order valence-corrected chi connectivity index (χ3v) is 2.55. The maximum absolute atomic E-state index is 10.6. The predicted molar refractivity (Wildman–Crippen MR) is 55.9 cm³/mol. The Labute approximate surface area is 90.6 Å². The minimum absolute atomic E-state index is 0. The number of carboxylic acid groups (broad SMARTS) is 1. The predicted octanol–water partition coefficient (Wildman–Crippen LogP) is 0.851. The molecule has 0 amide bonds. The van der Waals surface area contributed by atoms with Gasteiger partial charge in [0.1, 0.15) is 0 Å². The maximum atomic E-state index is 10.6. The van der Waals surface area contributed by atoms with Crippen molar-refractivity contribution in [1.29, 1.82) is 0 Å². The molecule has 0 aromatic carbocycles. The quantitative estimate of drug-likeness (QED) is 0.768. The summed E-state index contributed by atoms with van der Waals surface area (Å²) in [5.41, 5.74) is 0. The van der Waals surface area contributed by atoms with Gasteiger partial charge in [-0.3, -0.25) is 4.79 Å². The molecule has 1 saturated heterocycles. The summed E-state index contributed by atoms with van der Waals surface area (Å²) in [5, 5.41) is 8.76. The smallest absolute Gasteiger partial charge is 0.306 e. The average Bonchev–Trinajstić information content (AvgIpc) is 2.15. The van der Waals surface area contributed by atoms with Gasteiger partial charge in [0.25, 0.3) is 0 Å². The van der Waals surface area contributed by atoms with Gasteiger partial charge in [0, 0.05) is 13.7 Å². The molecule has 0 atom stereocenters. The molecule has 84 valence electrons. The van der Waals surface area contributed by atoms with Gasteiger partial charge in [0.05, 0.1) is 12.5 Å². The van der Waals surface area contributed by atoms with Gasteiger partial charge in [0.15, 0.2) is 0 Å². The molecule has 1 aliphatic rings. The summed E-state index contributed by atoms with van der Waals surface area (Å²) in [6.45, 7) is 3.43. The Hall–Kier alpha value is -0.320. The normalized spacial score (nSPS) is 18.9. The van der Waals surface area contributed by atoms with E-state index in [1.807, 2.05) is 0 Å². The lowest BCUT2D eigenvalue weighted by atomic mass is 9.97. The fraction of sp³-hybridized carbons (Fsp3) is 0.889. The van der Waals surface area contributed by atoms with E-state index in [-0.39, 0.29) is 18.3 Å². The minimum Gasteiger partial charge on any atom is -0.481 e. The van der Waals surface area contributed by atoms with Crippen molar-refractivity contribution >= 4 is 18.4 Å². The molecule has 4 nitrogen and oxygen atoms in total. The van der Waals surface area contributed by atoms with Crippen LogP contribution in [0.25, 0.3) is 0 Å². The fourth-order valence-corrected chi connectivity index (χ4v) is 1.62. The van der Waals surface area contributed by atoms with E-state index >= 15 is 0 Å². The summed E-state index contributed by atoms with van der Waals surface area (Å²) >= 11 is 0. The van der Waals surface area contributed by atoms with Crippen LogP contribution in [0.2, 0.25) is 0 Å². The lowest BCUT2D eigenvalue weighted by Crippen LogP contribution is -2.37. The number of carboxylic acids is 1. The first kappa shape index (κ1) is 13.7. The molecule has 0 unspecified atom stereocenters. The van der Waals surface area contributed by atoms with Crippen LogP contribution in [0.3, 0.4) is 0 Å². The van der Waals surface area contributed by atoms with Crippen LogP contribution in [0.15, 0.2) is 0 Å². The van der Waals surface area contributed by atoms with Crippen molar-refractivity contribution in [3.8, 4) is 0 Å². The Bertz CT molecular complexity index is 169. The number of carbonyl (C=O) groups is 1. The van der Waals surface area contributed by atoms with Gasteiger partial charge < -0.3 is 14.7 Å². The van der Waals surface area contributed by atoms with Gasteiger partial charge in [0.2, 0.25) is 0 Å². The van der Waals surface area contributed by atoms with Crippen LogP contribution < -0.4 is 0 Å². The Morgan fingerprint density at radius 2 is 2.07 bits per heavy atom. The summed E-state index contributed by atoms with van der Waals surface area (Å²) in [5.74, 6) is -0.773. The lowest BCUT2D eigenvalue weighted by molar-refractivity contribution is -0.143. The summed E-state index contributed by atoms with van der Waals surface area (Å²) < 4.78 is 4.96. The van der Waals surface area contributed by atoms with Gasteiger partial charge in [-0.15, -0.1) is 12.4 Å². The molecule has 1 fully saturated rings. The van der Waals surface area contributed by atoms with Crippen molar-refractivity contribution in [1.82, 2.24) is 4.90 Å². The second kappa shape index (κ2) is 7.04. The summed E-state index contributed by atoms with van der Waals surface area (Å²) in [6.07, 6.45) is 1.55. The van der Waals surface area contributed by atoms with Gasteiger partial charge >= 0.3 is 5.97 Å². The molecule has 0 aliphatic carbocycles. The second-order valence-electron chi connectivity index (χ2n) is 3.45. The van der Waals surface area contributed by atoms with Crippen molar-refractivity contribution in [3.63, 3.8) is 0 Å². The first-order valence-corrected chi connectivity index (χ1v) is 4.68. The lowest BCUT2D eigenvalue weighted by Gasteiger charge is -2.29. The molecule has 1 aliphatic heterocycles. The third-order valence-electron chi connectivity index (χ3n) is 2.55. The molecule has 1 N–H and O–H groups in total. The number of piperidine rings is 1. The molecule has 5 heteroatoms. The van der Waals surface area contributed by atoms with Crippen LogP contribution in [0.1, 0.15) is 12.8 Å². The highest BCUT2D eigenvalue weighted by Gasteiger charge is 2.23. The maximum Gasteiger partial charge on any atom is 0.306 e. The molecular formula is C9H18ClNO3. The SMILES string of the molecule is COCCN1CCC(C(=O)O)CC1.Cl. The molecule has 0 bridgehead atoms. The van der Waals surface area contributed by atoms with E-state index < -0.39 is 5.97 Å². The van der Waals surface area contributed by atoms with E-state index in [9.17, 15) is 4.79 Å². The van der Waals surface area contributed by atoms with Crippen LogP contribution in [0, 0.1) is 5.92 Å². The van der Waals surface area contributed by atoms with E-state index in [4.69, 9.17) is 9.84 Å². The second-order valence-corrected chi connectivity index (χ2v) is 3.45. The number of methoxy groups -OCH3 is 1. The van der Waals surface area contributed by atoms with Gasteiger partial charge in [-0.25, -0.2) is 0 Å². The Kier molecular flexibility index (Phi) is 6.87. The molecule has 0 spiro atoms. The number of aliphatic carboxylic acids is 1. The highest BCUT2D eigenvalue weighted by molar-refractivity contribution is 5.85. The summed E-state index contributed by atoms with van der Waals surface area (Å²) in [4.78, 5) is 12.9. The van der Waals surface area contributed by atoms with E-state index in [0.717, 1.165) is 39.1 Å². The van der Waals surface area contributed by atoms with Crippen LogP contribution in [0.4, 0.5) is 0 Å². The van der Waals surface area contributed by atoms with Crippen molar-refractivity contribution < 1.29 is 14.6 Å². The molecule has 0 radical (unpaired) electrons. The van der Waals surface area contributed by atoms with Crippen molar-refractivity contribution in [2.45, 2.75) is 12.8 Å². The standard InChI is InChI=1S/C9H17NO3.ClH/c1-13-7-6-10-4-2-8(3-5-10)9(11)12;/h8H,2-7H2,1H3,(H,11,12);1H. The Balaban J connectivity index is 0.00000169. The van der Waals surface area contributed by atoms with Crippen LogP contribution >= 0.6 is 12.4 Å². The summed E-state index contributed by atoms with van der Waals surface area (Å²) in [7, 11) is 1.68. The molecular weight excluding hydrogens is 206 g/mol.